The second-order valence-electron chi connectivity index (χ2n) is 4.61. The predicted octanol–water partition coefficient (Wildman–Crippen LogP) is 1.75. The maximum atomic E-state index is 10.9. The van der Waals surface area contributed by atoms with Gasteiger partial charge in [0.1, 0.15) is 6.29 Å². The largest absolute Gasteiger partial charge is 0.465 e. The van der Waals surface area contributed by atoms with Crippen LogP contribution in [0.3, 0.4) is 0 Å². The highest BCUT2D eigenvalue weighted by atomic mass is 16.4. The molecule has 1 aliphatic carbocycles. The molecule has 0 spiro atoms. The quantitative estimate of drug-likeness (QED) is 0.806. The molecule has 90 valence electrons. The number of rotatable bonds is 4. The normalized spacial score (nSPS) is 26.3. The summed E-state index contributed by atoms with van der Waals surface area (Å²) in [7, 11) is 1.53. The molecular formula is C13H15NO3. The number of nitrogens with zero attached hydrogens (tertiary/aromatic N) is 1. The Morgan fingerprint density at radius 3 is 2.65 bits per heavy atom. The smallest absolute Gasteiger partial charge is 0.407 e. The van der Waals surface area contributed by atoms with Crippen LogP contribution in [-0.2, 0) is 10.2 Å². The van der Waals surface area contributed by atoms with E-state index in [0.29, 0.717) is 6.54 Å². The highest BCUT2D eigenvalue weighted by molar-refractivity contribution is 5.68. The van der Waals surface area contributed by atoms with Crippen LogP contribution in [0.15, 0.2) is 30.3 Å². The fourth-order valence-electron chi connectivity index (χ4n) is 2.38. The molecule has 4 heteroatoms. The molecule has 1 aromatic carbocycles. The molecule has 1 fully saturated rings. The van der Waals surface area contributed by atoms with Gasteiger partial charge in [0.05, 0.1) is 0 Å². The molecule has 0 heterocycles. The van der Waals surface area contributed by atoms with Crippen molar-refractivity contribution in [3.8, 4) is 0 Å². The van der Waals surface area contributed by atoms with E-state index in [2.05, 4.69) is 0 Å². The van der Waals surface area contributed by atoms with Crippen LogP contribution in [0.1, 0.15) is 12.0 Å². The third-order valence-corrected chi connectivity index (χ3v) is 3.49. The molecule has 1 amide bonds. The number of carbonyl (C=O) groups excluding carboxylic acids is 1. The highest BCUT2D eigenvalue weighted by Gasteiger charge is 2.56. The minimum atomic E-state index is -0.961. The van der Waals surface area contributed by atoms with Crippen molar-refractivity contribution in [1.29, 1.82) is 0 Å². The zero-order valence-corrected chi connectivity index (χ0v) is 9.67. The van der Waals surface area contributed by atoms with Crippen molar-refractivity contribution in [2.45, 2.75) is 11.8 Å². The van der Waals surface area contributed by atoms with Gasteiger partial charge < -0.3 is 14.8 Å². The van der Waals surface area contributed by atoms with E-state index in [1.807, 2.05) is 30.3 Å². The topological polar surface area (TPSA) is 57.6 Å². The van der Waals surface area contributed by atoms with Gasteiger partial charge in [-0.05, 0) is 12.0 Å². The van der Waals surface area contributed by atoms with Crippen molar-refractivity contribution >= 4 is 12.4 Å². The molecule has 0 saturated heterocycles. The molecule has 0 bridgehead atoms. The van der Waals surface area contributed by atoms with E-state index in [4.69, 9.17) is 5.11 Å². The number of carboxylic acid groups (broad SMARTS) is 1. The minimum absolute atomic E-state index is 0.0632. The number of amides is 1. The van der Waals surface area contributed by atoms with E-state index in [1.165, 1.54) is 11.9 Å². The van der Waals surface area contributed by atoms with Gasteiger partial charge in [-0.1, -0.05) is 30.3 Å². The molecule has 1 saturated carbocycles. The van der Waals surface area contributed by atoms with Crippen LogP contribution in [0.5, 0.6) is 0 Å². The van der Waals surface area contributed by atoms with Crippen molar-refractivity contribution in [3.05, 3.63) is 35.9 Å². The lowest BCUT2D eigenvalue weighted by Crippen LogP contribution is -2.34. The number of aldehydes is 1. The predicted molar refractivity (Wildman–Crippen MR) is 62.9 cm³/mol. The van der Waals surface area contributed by atoms with Gasteiger partial charge in [-0.2, -0.15) is 0 Å². The molecule has 1 N–H and O–H groups in total. The first-order valence-corrected chi connectivity index (χ1v) is 5.55. The van der Waals surface area contributed by atoms with Crippen LogP contribution in [0.25, 0.3) is 0 Å². The molecule has 17 heavy (non-hydrogen) atoms. The fraction of sp³-hybridized carbons (Fsp3) is 0.385. The van der Waals surface area contributed by atoms with Crippen molar-refractivity contribution in [3.63, 3.8) is 0 Å². The second-order valence-corrected chi connectivity index (χ2v) is 4.61. The van der Waals surface area contributed by atoms with Crippen LogP contribution in [0.4, 0.5) is 4.79 Å². The zero-order valence-electron chi connectivity index (χ0n) is 9.67. The Kier molecular flexibility index (Phi) is 2.88. The first kappa shape index (κ1) is 11.6. The Bertz CT molecular complexity index is 432. The van der Waals surface area contributed by atoms with Gasteiger partial charge in [0.15, 0.2) is 0 Å². The highest BCUT2D eigenvalue weighted by Crippen LogP contribution is 2.53. The summed E-state index contributed by atoms with van der Waals surface area (Å²) in [6.45, 7) is 0.371. The van der Waals surface area contributed by atoms with Crippen molar-refractivity contribution in [2.75, 3.05) is 13.6 Å². The van der Waals surface area contributed by atoms with E-state index < -0.39 is 6.09 Å². The Balaban J connectivity index is 2.24. The summed E-state index contributed by atoms with van der Waals surface area (Å²) in [5.74, 6) is -0.0632. The van der Waals surface area contributed by atoms with Crippen molar-refractivity contribution < 1.29 is 14.7 Å². The molecule has 2 rings (SSSR count). The second kappa shape index (κ2) is 4.20. The Morgan fingerprint density at radius 2 is 2.18 bits per heavy atom. The van der Waals surface area contributed by atoms with Gasteiger partial charge in [0, 0.05) is 24.9 Å². The van der Waals surface area contributed by atoms with E-state index >= 15 is 0 Å². The summed E-state index contributed by atoms with van der Waals surface area (Å²) in [6.07, 6.45) is 0.706. The van der Waals surface area contributed by atoms with Crippen LogP contribution >= 0.6 is 0 Å². The molecular weight excluding hydrogens is 218 g/mol. The number of hydrogen-bond acceptors (Lipinski definition) is 2. The molecule has 0 aliphatic heterocycles. The van der Waals surface area contributed by atoms with Gasteiger partial charge in [0.2, 0.25) is 0 Å². The minimum Gasteiger partial charge on any atom is -0.465 e. The lowest BCUT2D eigenvalue weighted by atomic mass is 9.93. The summed E-state index contributed by atoms with van der Waals surface area (Å²) in [5, 5.41) is 8.92. The third kappa shape index (κ3) is 2.02. The SMILES string of the molecule is CN(C[C@@]1(c2ccccc2)C[C@H]1C=O)C(=O)O. The first-order chi connectivity index (χ1) is 8.10. The molecule has 0 aromatic heterocycles. The van der Waals surface area contributed by atoms with Crippen LogP contribution in [0, 0.1) is 5.92 Å². The summed E-state index contributed by atoms with van der Waals surface area (Å²) in [6, 6.07) is 9.66. The molecule has 1 aromatic rings. The van der Waals surface area contributed by atoms with Crippen LogP contribution < -0.4 is 0 Å². The lowest BCUT2D eigenvalue weighted by molar-refractivity contribution is -0.109. The summed E-state index contributed by atoms with van der Waals surface area (Å²) < 4.78 is 0. The van der Waals surface area contributed by atoms with E-state index in [1.54, 1.807) is 0 Å². The van der Waals surface area contributed by atoms with Crippen molar-refractivity contribution in [2.24, 2.45) is 5.92 Å². The maximum absolute atomic E-state index is 10.9. The molecule has 4 nitrogen and oxygen atoms in total. The van der Waals surface area contributed by atoms with Gasteiger partial charge in [-0.25, -0.2) is 4.79 Å². The molecule has 0 radical (unpaired) electrons. The van der Waals surface area contributed by atoms with E-state index in [-0.39, 0.29) is 11.3 Å². The van der Waals surface area contributed by atoms with Gasteiger partial charge in [-0.3, -0.25) is 0 Å². The Labute approximate surface area is 99.9 Å². The lowest BCUT2D eigenvalue weighted by Gasteiger charge is -2.22. The number of likely N-dealkylation sites (N-methyl/N-ethyl adjacent to an activating group) is 1. The summed E-state index contributed by atoms with van der Waals surface area (Å²) >= 11 is 0. The van der Waals surface area contributed by atoms with Crippen LogP contribution in [-0.4, -0.2) is 36.0 Å². The summed E-state index contributed by atoms with van der Waals surface area (Å²) in [5.41, 5.74) is 0.737. The monoisotopic (exact) mass is 233 g/mol. The number of carbonyl (C=O) groups is 2. The Morgan fingerprint density at radius 1 is 1.53 bits per heavy atom. The average molecular weight is 233 g/mol. The number of hydrogen-bond donors (Lipinski definition) is 1. The molecule has 2 atom stereocenters. The first-order valence-electron chi connectivity index (χ1n) is 5.55. The number of benzene rings is 1. The molecule has 0 unspecified atom stereocenters. The van der Waals surface area contributed by atoms with Gasteiger partial charge in [-0.15, -0.1) is 0 Å². The molecule has 1 aliphatic rings. The fourth-order valence-corrected chi connectivity index (χ4v) is 2.38. The van der Waals surface area contributed by atoms with Crippen molar-refractivity contribution in [1.82, 2.24) is 4.90 Å². The van der Waals surface area contributed by atoms with Crippen LogP contribution in [0.2, 0.25) is 0 Å². The van der Waals surface area contributed by atoms with E-state index in [0.717, 1.165) is 18.3 Å². The zero-order chi connectivity index (χ0) is 12.5. The van der Waals surface area contributed by atoms with Gasteiger partial charge in [0.25, 0.3) is 0 Å². The average Bonchev–Trinajstić information content (AvgIpc) is 3.05. The maximum Gasteiger partial charge on any atom is 0.407 e. The third-order valence-electron chi connectivity index (χ3n) is 3.49. The Hall–Kier alpha value is -1.84. The van der Waals surface area contributed by atoms with Gasteiger partial charge >= 0.3 is 6.09 Å². The van der Waals surface area contributed by atoms with E-state index in [9.17, 15) is 9.59 Å². The standard InChI is InChI=1S/C13H15NO3/c1-14(12(16)17)9-13(7-11(13)8-15)10-5-3-2-4-6-10/h2-6,8,11H,7,9H2,1H3,(H,16,17)/t11-,13+/m0/s1. The summed E-state index contributed by atoms with van der Waals surface area (Å²) in [4.78, 5) is 23.1.